The van der Waals surface area contributed by atoms with Crippen molar-refractivity contribution in [1.82, 2.24) is 0 Å². The van der Waals surface area contributed by atoms with Crippen molar-refractivity contribution in [2.45, 2.75) is 6.92 Å². The van der Waals surface area contributed by atoms with Crippen LogP contribution in [0.4, 0.5) is 0 Å². The van der Waals surface area contributed by atoms with Gasteiger partial charge >= 0.3 is 0 Å². The number of aryl methyl sites for hydroxylation is 1. The van der Waals surface area contributed by atoms with Crippen molar-refractivity contribution < 1.29 is 0 Å². The molecule has 50 heavy (non-hydrogen) atoms. The standard InChI is InChI=1S/C49H32S/c1-31-24-38(26-39(25-31)37-18-22-44-47-29-35(33-12-6-3-7-13-33)19-23-48(47)50-49(44)30-37)36-17-21-43-42-20-16-34(32-10-4-2-5-11-32)27-45(42)40-14-8-9-15-41(40)46(43)28-36/h2-30H,1H3. The lowest BCUT2D eigenvalue weighted by atomic mass is 9.89. The Labute approximate surface area is 295 Å². The first-order valence-corrected chi connectivity index (χ1v) is 18.1. The van der Waals surface area contributed by atoms with Crippen LogP contribution in [0.5, 0.6) is 0 Å². The van der Waals surface area contributed by atoms with Gasteiger partial charge in [0.25, 0.3) is 0 Å². The van der Waals surface area contributed by atoms with Crippen LogP contribution in [0, 0.1) is 6.92 Å². The van der Waals surface area contributed by atoms with Crippen molar-refractivity contribution in [2.75, 3.05) is 0 Å². The smallest absolute Gasteiger partial charge is 0.0361 e. The van der Waals surface area contributed by atoms with Crippen molar-refractivity contribution in [2.24, 2.45) is 0 Å². The van der Waals surface area contributed by atoms with E-state index in [1.165, 1.54) is 103 Å². The summed E-state index contributed by atoms with van der Waals surface area (Å²) >= 11 is 1.88. The summed E-state index contributed by atoms with van der Waals surface area (Å²) < 4.78 is 2.65. The molecular formula is C49H32S. The third-order valence-corrected chi connectivity index (χ3v) is 11.4. The van der Waals surface area contributed by atoms with Crippen LogP contribution in [0.2, 0.25) is 0 Å². The van der Waals surface area contributed by atoms with Crippen LogP contribution in [0.3, 0.4) is 0 Å². The molecule has 0 amide bonds. The van der Waals surface area contributed by atoms with Gasteiger partial charge in [0.1, 0.15) is 0 Å². The molecule has 1 aromatic heterocycles. The zero-order valence-corrected chi connectivity index (χ0v) is 28.5. The normalized spacial score (nSPS) is 11.7. The summed E-state index contributed by atoms with van der Waals surface area (Å²) in [6.07, 6.45) is 0. The highest BCUT2D eigenvalue weighted by atomic mass is 32.1. The van der Waals surface area contributed by atoms with Gasteiger partial charge in [-0.25, -0.2) is 0 Å². The average Bonchev–Trinajstić information content (AvgIpc) is 3.55. The summed E-state index contributed by atoms with van der Waals surface area (Å²) in [7, 11) is 0. The highest BCUT2D eigenvalue weighted by molar-refractivity contribution is 7.25. The molecule has 0 saturated carbocycles. The molecule has 9 aromatic carbocycles. The Bertz CT molecular complexity index is 2890. The Hall–Kier alpha value is -6.02. The molecule has 0 bridgehead atoms. The van der Waals surface area contributed by atoms with Crippen LogP contribution in [-0.4, -0.2) is 0 Å². The monoisotopic (exact) mass is 652 g/mol. The average molecular weight is 653 g/mol. The lowest BCUT2D eigenvalue weighted by Gasteiger charge is -2.14. The van der Waals surface area contributed by atoms with E-state index in [1.54, 1.807) is 0 Å². The van der Waals surface area contributed by atoms with Crippen molar-refractivity contribution in [3.05, 3.63) is 181 Å². The highest BCUT2D eigenvalue weighted by Gasteiger charge is 2.13. The van der Waals surface area contributed by atoms with Gasteiger partial charge in [-0.05, 0) is 126 Å². The molecule has 0 N–H and O–H groups in total. The van der Waals surface area contributed by atoms with E-state index in [0.29, 0.717) is 0 Å². The third-order valence-electron chi connectivity index (χ3n) is 10.3. The number of hydrogen-bond donors (Lipinski definition) is 0. The van der Waals surface area contributed by atoms with Gasteiger partial charge in [-0.2, -0.15) is 0 Å². The predicted molar refractivity (Wildman–Crippen MR) is 218 cm³/mol. The summed E-state index contributed by atoms with van der Waals surface area (Å²) in [4.78, 5) is 0. The summed E-state index contributed by atoms with van der Waals surface area (Å²) in [5, 5.41) is 10.4. The summed E-state index contributed by atoms with van der Waals surface area (Å²) in [5.41, 5.74) is 11.3. The second kappa shape index (κ2) is 11.6. The van der Waals surface area contributed by atoms with Gasteiger partial charge in [0, 0.05) is 20.2 Å². The van der Waals surface area contributed by atoms with Crippen LogP contribution in [0.1, 0.15) is 5.56 Å². The molecule has 0 nitrogen and oxygen atoms in total. The molecule has 0 aliphatic heterocycles. The molecule has 0 fully saturated rings. The van der Waals surface area contributed by atoms with E-state index in [9.17, 15) is 0 Å². The van der Waals surface area contributed by atoms with Crippen LogP contribution in [-0.2, 0) is 0 Å². The van der Waals surface area contributed by atoms with Gasteiger partial charge in [0.15, 0.2) is 0 Å². The predicted octanol–water partition coefficient (Wildman–Crippen LogP) is 14.5. The topological polar surface area (TPSA) is 0 Å². The Morgan fingerprint density at radius 3 is 1.28 bits per heavy atom. The molecule has 10 aromatic rings. The second-order valence-electron chi connectivity index (χ2n) is 13.4. The molecule has 10 rings (SSSR count). The zero-order chi connectivity index (χ0) is 33.2. The van der Waals surface area contributed by atoms with E-state index in [0.717, 1.165) is 0 Å². The van der Waals surface area contributed by atoms with Crippen molar-refractivity contribution in [1.29, 1.82) is 0 Å². The fourth-order valence-corrected chi connectivity index (χ4v) is 8.96. The third kappa shape index (κ3) is 4.82. The fourth-order valence-electron chi connectivity index (χ4n) is 7.83. The molecule has 0 saturated heterocycles. The van der Waals surface area contributed by atoms with Gasteiger partial charge in [0.05, 0.1) is 0 Å². The fraction of sp³-hybridized carbons (Fsp3) is 0.0204. The van der Waals surface area contributed by atoms with E-state index < -0.39 is 0 Å². The van der Waals surface area contributed by atoms with Crippen molar-refractivity contribution in [3.63, 3.8) is 0 Å². The summed E-state index contributed by atoms with van der Waals surface area (Å²) in [5.74, 6) is 0. The lowest BCUT2D eigenvalue weighted by Crippen LogP contribution is -1.88. The molecule has 0 atom stereocenters. The Kier molecular flexibility index (Phi) is 6.69. The minimum absolute atomic E-state index is 1.24. The minimum Gasteiger partial charge on any atom is -0.135 e. The van der Waals surface area contributed by atoms with Crippen LogP contribution in [0.15, 0.2) is 176 Å². The van der Waals surface area contributed by atoms with E-state index in [-0.39, 0.29) is 0 Å². The van der Waals surface area contributed by atoms with Gasteiger partial charge in [-0.3, -0.25) is 0 Å². The SMILES string of the molecule is Cc1cc(-c2ccc3c(c2)sc2ccc(-c4ccccc4)cc23)cc(-c2ccc3c4ccc(-c5ccccc5)cc4c4ccccc4c3c2)c1. The number of fused-ring (bicyclic) bond motifs is 9. The van der Waals surface area contributed by atoms with Gasteiger partial charge in [-0.1, -0.05) is 140 Å². The number of hydrogen-bond acceptors (Lipinski definition) is 1. The number of benzene rings is 9. The summed E-state index contributed by atoms with van der Waals surface area (Å²) in [6.45, 7) is 2.21. The minimum atomic E-state index is 1.24. The molecule has 0 unspecified atom stereocenters. The van der Waals surface area contributed by atoms with Gasteiger partial charge in [0.2, 0.25) is 0 Å². The van der Waals surface area contributed by atoms with Crippen LogP contribution < -0.4 is 0 Å². The Balaban J connectivity index is 1.08. The molecule has 0 aliphatic carbocycles. The highest BCUT2D eigenvalue weighted by Crippen LogP contribution is 2.41. The van der Waals surface area contributed by atoms with Crippen molar-refractivity contribution in [3.8, 4) is 44.5 Å². The first-order chi connectivity index (χ1) is 24.7. The number of thiophene rings is 1. The molecule has 234 valence electrons. The first-order valence-electron chi connectivity index (χ1n) is 17.2. The van der Waals surface area contributed by atoms with E-state index >= 15 is 0 Å². The Morgan fingerprint density at radius 1 is 0.260 bits per heavy atom. The quantitative estimate of drug-likeness (QED) is 0.166. The molecule has 1 heterocycles. The van der Waals surface area contributed by atoms with Gasteiger partial charge < -0.3 is 0 Å². The second-order valence-corrected chi connectivity index (χ2v) is 14.5. The van der Waals surface area contributed by atoms with E-state index in [2.05, 4.69) is 183 Å². The lowest BCUT2D eigenvalue weighted by molar-refractivity contribution is 1.46. The molecular weight excluding hydrogens is 621 g/mol. The largest absolute Gasteiger partial charge is 0.135 e. The Morgan fingerprint density at radius 2 is 0.700 bits per heavy atom. The first kappa shape index (κ1) is 28.9. The molecule has 0 aliphatic rings. The molecule has 0 spiro atoms. The van der Waals surface area contributed by atoms with E-state index in [1.807, 2.05) is 11.3 Å². The maximum absolute atomic E-state index is 2.40. The summed E-state index contributed by atoms with van der Waals surface area (Å²) in [6, 6.07) is 65.1. The molecule has 1 heteroatoms. The number of rotatable bonds is 4. The van der Waals surface area contributed by atoms with Crippen LogP contribution in [0.25, 0.3) is 97.0 Å². The molecule has 0 radical (unpaired) electrons. The zero-order valence-electron chi connectivity index (χ0n) is 27.7. The maximum atomic E-state index is 2.40. The van der Waals surface area contributed by atoms with Crippen LogP contribution >= 0.6 is 11.3 Å². The van der Waals surface area contributed by atoms with Gasteiger partial charge in [-0.15, -0.1) is 11.3 Å². The maximum Gasteiger partial charge on any atom is 0.0361 e. The van der Waals surface area contributed by atoms with Crippen molar-refractivity contribution >= 4 is 63.8 Å². The van der Waals surface area contributed by atoms with E-state index in [4.69, 9.17) is 0 Å².